The molecule has 0 bridgehead atoms. The van der Waals surface area contributed by atoms with E-state index < -0.39 is 6.10 Å². The number of amides is 2. The maximum atomic E-state index is 12.5. The van der Waals surface area contributed by atoms with Crippen molar-refractivity contribution in [3.8, 4) is 5.75 Å². The lowest BCUT2D eigenvalue weighted by Crippen LogP contribution is -2.49. The molecular weight excluding hydrogens is 306 g/mol. The Kier molecular flexibility index (Phi) is 4.74. The normalized spacial score (nSPS) is 16.3. The van der Waals surface area contributed by atoms with Crippen molar-refractivity contribution in [3.63, 3.8) is 0 Å². The summed E-state index contributed by atoms with van der Waals surface area (Å²) in [5.41, 5.74) is 1.54. The molecule has 2 heterocycles. The Balaban J connectivity index is 1.70. The summed E-state index contributed by atoms with van der Waals surface area (Å²) in [7, 11) is 0. The molecule has 1 unspecified atom stereocenters. The molecule has 1 N–H and O–H groups in total. The molecule has 0 saturated heterocycles. The molecule has 0 radical (unpaired) electrons. The molecule has 3 rings (SSSR count). The van der Waals surface area contributed by atoms with Gasteiger partial charge in [0.1, 0.15) is 12.3 Å². The molecule has 0 saturated carbocycles. The van der Waals surface area contributed by atoms with Gasteiger partial charge in [0, 0.05) is 18.9 Å². The number of benzene rings is 1. The topological polar surface area (TPSA) is 71.5 Å². The highest BCUT2D eigenvalue weighted by Gasteiger charge is 2.34. The van der Waals surface area contributed by atoms with Gasteiger partial charge in [-0.2, -0.15) is 0 Å². The van der Waals surface area contributed by atoms with Gasteiger partial charge in [0.15, 0.2) is 6.10 Å². The second-order valence-electron chi connectivity index (χ2n) is 5.54. The average Bonchev–Trinajstić information content (AvgIpc) is 2.63. The molecule has 6 heteroatoms. The summed E-state index contributed by atoms with van der Waals surface area (Å²) in [6.07, 6.45) is 3.38. The van der Waals surface area contributed by atoms with Crippen LogP contribution in [0.1, 0.15) is 18.9 Å². The number of fused-ring (bicyclic) bond motifs is 1. The van der Waals surface area contributed by atoms with Gasteiger partial charge < -0.3 is 10.1 Å². The number of hydrogen-bond donors (Lipinski definition) is 1. The highest BCUT2D eigenvalue weighted by atomic mass is 16.5. The second-order valence-corrected chi connectivity index (χ2v) is 5.54. The van der Waals surface area contributed by atoms with Gasteiger partial charge >= 0.3 is 0 Å². The number of hydrogen-bond acceptors (Lipinski definition) is 4. The lowest BCUT2D eigenvalue weighted by molar-refractivity contribution is -0.129. The molecule has 0 fully saturated rings. The molecule has 0 spiro atoms. The van der Waals surface area contributed by atoms with Crippen LogP contribution >= 0.6 is 0 Å². The van der Waals surface area contributed by atoms with Crippen LogP contribution in [0.5, 0.6) is 5.75 Å². The van der Waals surface area contributed by atoms with Crippen molar-refractivity contribution in [2.24, 2.45) is 0 Å². The standard InChI is InChI=1S/C18H19N3O3/c1-2-15-18(23)21(14-7-3-4-8-16(14)24-15)12-17(22)20-11-13-6-5-9-19-10-13/h3-10,15H,2,11-12H2,1H3,(H,20,22). The van der Waals surface area contributed by atoms with Crippen LogP contribution in [0.4, 0.5) is 5.69 Å². The predicted octanol–water partition coefficient (Wildman–Crippen LogP) is 1.90. The van der Waals surface area contributed by atoms with Crippen molar-refractivity contribution < 1.29 is 14.3 Å². The van der Waals surface area contributed by atoms with Gasteiger partial charge in [-0.05, 0) is 30.2 Å². The van der Waals surface area contributed by atoms with Crippen molar-refractivity contribution in [2.45, 2.75) is 26.0 Å². The van der Waals surface area contributed by atoms with Crippen LogP contribution in [0, 0.1) is 0 Å². The quantitative estimate of drug-likeness (QED) is 0.911. The lowest BCUT2D eigenvalue weighted by Gasteiger charge is -2.33. The zero-order valence-electron chi connectivity index (χ0n) is 13.4. The van der Waals surface area contributed by atoms with E-state index in [1.54, 1.807) is 18.5 Å². The summed E-state index contributed by atoms with van der Waals surface area (Å²) in [4.78, 5) is 30.3. The van der Waals surface area contributed by atoms with Crippen LogP contribution in [0.2, 0.25) is 0 Å². The van der Waals surface area contributed by atoms with Gasteiger partial charge in [0.25, 0.3) is 5.91 Å². The van der Waals surface area contributed by atoms with Crippen molar-refractivity contribution in [3.05, 3.63) is 54.4 Å². The van der Waals surface area contributed by atoms with Crippen LogP contribution < -0.4 is 15.0 Å². The molecular formula is C18H19N3O3. The lowest BCUT2D eigenvalue weighted by atomic mass is 10.1. The van der Waals surface area contributed by atoms with Crippen molar-refractivity contribution in [2.75, 3.05) is 11.4 Å². The monoisotopic (exact) mass is 325 g/mol. The van der Waals surface area contributed by atoms with E-state index in [9.17, 15) is 9.59 Å². The molecule has 24 heavy (non-hydrogen) atoms. The Morgan fingerprint density at radius 2 is 2.12 bits per heavy atom. The average molecular weight is 325 g/mol. The minimum absolute atomic E-state index is 0.0318. The fourth-order valence-corrected chi connectivity index (χ4v) is 2.60. The molecule has 6 nitrogen and oxygen atoms in total. The van der Waals surface area contributed by atoms with E-state index in [0.29, 0.717) is 24.4 Å². The summed E-state index contributed by atoms with van der Waals surface area (Å²) >= 11 is 0. The molecule has 124 valence electrons. The first-order valence-corrected chi connectivity index (χ1v) is 7.91. The molecule has 0 aliphatic carbocycles. The van der Waals surface area contributed by atoms with Crippen LogP contribution in [-0.2, 0) is 16.1 Å². The van der Waals surface area contributed by atoms with E-state index in [4.69, 9.17) is 4.74 Å². The third kappa shape index (κ3) is 3.37. The number of nitrogens with one attached hydrogen (secondary N) is 1. The van der Waals surface area contributed by atoms with Crippen molar-refractivity contribution >= 4 is 17.5 Å². The Morgan fingerprint density at radius 3 is 2.88 bits per heavy atom. The van der Waals surface area contributed by atoms with Gasteiger partial charge in [0.05, 0.1) is 5.69 Å². The van der Waals surface area contributed by atoms with Crippen LogP contribution in [0.3, 0.4) is 0 Å². The Bertz CT molecular complexity index is 733. The number of anilines is 1. The van der Waals surface area contributed by atoms with Crippen molar-refractivity contribution in [1.29, 1.82) is 0 Å². The van der Waals surface area contributed by atoms with E-state index in [2.05, 4.69) is 10.3 Å². The molecule has 1 aliphatic rings. The molecule has 2 amide bonds. The third-order valence-electron chi connectivity index (χ3n) is 3.85. The Labute approximate surface area is 140 Å². The van der Waals surface area contributed by atoms with Crippen molar-refractivity contribution in [1.82, 2.24) is 10.3 Å². The number of para-hydroxylation sites is 2. The molecule has 2 aromatic rings. The summed E-state index contributed by atoms with van der Waals surface area (Å²) in [6, 6.07) is 11.0. The molecule has 1 aromatic heterocycles. The van der Waals surface area contributed by atoms with Crippen LogP contribution in [0.25, 0.3) is 0 Å². The van der Waals surface area contributed by atoms with Crippen LogP contribution in [-0.4, -0.2) is 29.4 Å². The number of rotatable bonds is 5. The maximum absolute atomic E-state index is 12.5. The summed E-state index contributed by atoms with van der Waals surface area (Å²) in [5.74, 6) is 0.218. The highest BCUT2D eigenvalue weighted by molar-refractivity contribution is 6.03. The summed E-state index contributed by atoms with van der Waals surface area (Å²) in [5, 5.41) is 2.82. The summed E-state index contributed by atoms with van der Waals surface area (Å²) < 4.78 is 5.70. The number of aromatic nitrogens is 1. The van der Waals surface area contributed by atoms with E-state index >= 15 is 0 Å². The predicted molar refractivity (Wildman–Crippen MR) is 89.6 cm³/mol. The molecule has 1 atom stereocenters. The third-order valence-corrected chi connectivity index (χ3v) is 3.85. The molecule has 1 aliphatic heterocycles. The minimum Gasteiger partial charge on any atom is -0.478 e. The first-order chi connectivity index (χ1) is 11.7. The zero-order valence-corrected chi connectivity index (χ0v) is 13.4. The number of nitrogens with zero attached hydrogens (tertiary/aromatic N) is 2. The second kappa shape index (κ2) is 7.12. The molecule has 1 aromatic carbocycles. The van der Waals surface area contributed by atoms with Crippen LogP contribution in [0.15, 0.2) is 48.8 Å². The van der Waals surface area contributed by atoms with E-state index in [-0.39, 0.29) is 18.4 Å². The SMILES string of the molecule is CCC1Oc2ccccc2N(CC(=O)NCc2cccnc2)C1=O. The Hall–Kier alpha value is -2.89. The van der Waals surface area contributed by atoms with E-state index in [0.717, 1.165) is 5.56 Å². The van der Waals surface area contributed by atoms with Gasteiger partial charge in [-0.1, -0.05) is 25.1 Å². The minimum atomic E-state index is -0.550. The maximum Gasteiger partial charge on any atom is 0.268 e. The smallest absolute Gasteiger partial charge is 0.268 e. The first kappa shape index (κ1) is 16.0. The number of carbonyl (C=O) groups excluding carboxylic acids is 2. The fraction of sp³-hybridized carbons (Fsp3) is 0.278. The number of pyridine rings is 1. The zero-order chi connectivity index (χ0) is 16.9. The van der Waals surface area contributed by atoms with Gasteiger partial charge in [-0.25, -0.2) is 0 Å². The van der Waals surface area contributed by atoms with E-state index in [1.165, 1.54) is 4.90 Å². The van der Waals surface area contributed by atoms with Gasteiger partial charge in [-0.3, -0.25) is 19.5 Å². The van der Waals surface area contributed by atoms with E-state index in [1.807, 2.05) is 37.3 Å². The highest BCUT2D eigenvalue weighted by Crippen LogP contribution is 2.34. The van der Waals surface area contributed by atoms with Gasteiger partial charge in [0.2, 0.25) is 5.91 Å². The summed E-state index contributed by atoms with van der Waals surface area (Å²) in [6.45, 7) is 2.23. The number of ether oxygens (including phenoxy) is 1. The van der Waals surface area contributed by atoms with Gasteiger partial charge in [-0.15, -0.1) is 0 Å². The Morgan fingerprint density at radius 1 is 1.29 bits per heavy atom. The first-order valence-electron chi connectivity index (χ1n) is 7.91. The fourth-order valence-electron chi connectivity index (χ4n) is 2.60. The number of carbonyl (C=O) groups is 2. The largest absolute Gasteiger partial charge is 0.478 e.